The monoisotopic (exact) mass is 786 g/mol. The minimum absolute atomic E-state index is 0.132. The number of piperidine rings is 1. The zero-order valence-electron chi connectivity index (χ0n) is 31.7. The van der Waals surface area contributed by atoms with Crippen LogP contribution in [0.1, 0.15) is 35.2 Å². The fourth-order valence-corrected chi connectivity index (χ4v) is 9.71. The molecule has 3 amide bonds. The fraction of sp³-hybridized carbons (Fsp3) is 0.341. The minimum Gasteiger partial charge on any atom is -0.508 e. The molecular weight excluding hydrogens is 741 g/mol. The Morgan fingerprint density at radius 1 is 0.719 bits per heavy atom. The molecule has 1 unspecified atom stereocenters. The average Bonchev–Trinajstić information content (AvgIpc) is 3.74. The third-order valence-electron chi connectivity index (χ3n) is 11.7. The molecule has 4 aliphatic heterocycles. The lowest BCUT2D eigenvalue weighted by Crippen LogP contribution is -2.52. The number of carbonyl (C=O) groups is 3. The topological polar surface area (TPSA) is 129 Å². The summed E-state index contributed by atoms with van der Waals surface area (Å²) < 4.78 is 7.45. The van der Waals surface area contributed by atoms with Crippen LogP contribution in [0.5, 0.6) is 23.0 Å². The van der Waals surface area contributed by atoms with E-state index >= 15 is 0 Å². The van der Waals surface area contributed by atoms with Gasteiger partial charge in [-0.3, -0.25) is 29.5 Å². The first-order valence-corrected chi connectivity index (χ1v) is 20.6. The van der Waals surface area contributed by atoms with Gasteiger partial charge in [0.2, 0.25) is 11.8 Å². The molecule has 0 bridgehead atoms. The number of benzene rings is 4. The molecule has 0 aliphatic carbocycles. The van der Waals surface area contributed by atoms with E-state index in [4.69, 9.17) is 4.74 Å². The number of amides is 3. The molecule has 0 spiro atoms. The molecule has 9 rings (SSSR count). The van der Waals surface area contributed by atoms with E-state index < -0.39 is 6.04 Å². The molecule has 5 aromatic rings. The normalized spacial score (nSPS) is 19.3. The Morgan fingerprint density at radius 2 is 1.37 bits per heavy atom. The highest BCUT2D eigenvalue weighted by Gasteiger charge is 2.39. The number of imide groups is 1. The number of phenolic OH excluding ortho intramolecular Hbond substituents is 2. The second-order valence-electron chi connectivity index (χ2n) is 15.3. The molecular formula is C44H46N6O6S. The van der Waals surface area contributed by atoms with Crippen molar-refractivity contribution in [3.63, 3.8) is 0 Å². The summed E-state index contributed by atoms with van der Waals surface area (Å²) in [5.41, 5.74) is 4.84. The molecule has 1 aromatic heterocycles. The molecule has 0 saturated carbocycles. The van der Waals surface area contributed by atoms with Crippen molar-refractivity contribution < 1.29 is 29.3 Å². The highest BCUT2D eigenvalue weighted by molar-refractivity contribution is 7.22. The summed E-state index contributed by atoms with van der Waals surface area (Å²) >= 11 is 1.55. The van der Waals surface area contributed by atoms with Gasteiger partial charge < -0.3 is 29.6 Å². The van der Waals surface area contributed by atoms with Crippen LogP contribution in [0.3, 0.4) is 0 Å². The molecule has 13 heteroatoms. The number of nitrogens with one attached hydrogen (secondary N) is 1. The van der Waals surface area contributed by atoms with Crippen LogP contribution in [-0.2, 0) is 16.1 Å². The summed E-state index contributed by atoms with van der Waals surface area (Å²) in [5.74, 6) is 1.12. The Hall–Kier alpha value is -5.63. The largest absolute Gasteiger partial charge is 0.508 e. The van der Waals surface area contributed by atoms with E-state index in [9.17, 15) is 24.6 Å². The van der Waals surface area contributed by atoms with E-state index in [1.54, 1.807) is 40.5 Å². The van der Waals surface area contributed by atoms with Gasteiger partial charge >= 0.3 is 0 Å². The second-order valence-corrected chi connectivity index (χ2v) is 16.4. The second kappa shape index (κ2) is 15.7. The Kier molecular flexibility index (Phi) is 10.2. The lowest BCUT2D eigenvalue weighted by molar-refractivity contribution is -0.136. The molecule has 12 nitrogen and oxygen atoms in total. The minimum atomic E-state index is -0.594. The lowest BCUT2D eigenvalue weighted by Gasteiger charge is -2.38. The van der Waals surface area contributed by atoms with Gasteiger partial charge in [-0.15, -0.1) is 11.3 Å². The van der Waals surface area contributed by atoms with Gasteiger partial charge in [-0.1, -0.05) is 0 Å². The first kappa shape index (κ1) is 37.0. The summed E-state index contributed by atoms with van der Waals surface area (Å²) in [6.07, 6.45) is 1.76. The smallest absolute Gasteiger partial charge is 0.255 e. The van der Waals surface area contributed by atoms with E-state index in [0.29, 0.717) is 18.5 Å². The number of piperazine rings is 2. The van der Waals surface area contributed by atoms with E-state index in [2.05, 4.69) is 43.1 Å². The number of hydrogen-bond donors (Lipinski definition) is 3. The van der Waals surface area contributed by atoms with Crippen LogP contribution in [0.2, 0.25) is 0 Å². The third kappa shape index (κ3) is 7.74. The van der Waals surface area contributed by atoms with Gasteiger partial charge in [-0.2, -0.15) is 0 Å². The summed E-state index contributed by atoms with van der Waals surface area (Å²) in [6.45, 7) is 10.4. The van der Waals surface area contributed by atoms with Gasteiger partial charge in [0.05, 0.1) is 4.88 Å². The van der Waals surface area contributed by atoms with Crippen molar-refractivity contribution in [3.05, 3.63) is 96.1 Å². The first-order valence-electron chi connectivity index (χ1n) is 19.8. The van der Waals surface area contributed by atoms with Crippen molar-refractivity contribution in [2.24, 2.45) is 0 Å². The Bertz CT molecular complexity index is 2300. The molecule has 57 heavy (non-hydrogen) atoms. The van der Waals surface area contributed by atoms with Crippen LogP contribution >= 0.6 is 11.3 Å². The van der Waals surface area contributed by atoms with Gasteiger partial charge in [-0.25, -0.2) is 0 Å². The molecule has 5 heterocycles. The Balaban J connectivity index is 0.725. The van der Waals surface area contributed by atoms with Gasteiger partial charge in [0.1, 0.15) is 23.3 Å². The number of nitrogens with zero attached hydrogens (tertiary/aromatic N) is 5. The quantitative estimate of drug-likeness (QED) is 0.148. The van der Waals surface area contributed by atoms with Crippen LogP contribution < -0.4 is 19.9 Å². The number of fused-ring (bicyclic) bond motifs is 2. The zero-order valence-corrected chi connectivity index (χ0v) is 32.5. The lowest BCUT2D eigenvalue weighted by atomic mass is 10.0. The third-order valence-corrected chi connectivity index (χ3v) is 12.9. The number of rotatable bonds is 10. The SMILES string of the molecule is O=C1CCC(N2Cc3cc(N4CCN(CCCN5CCN(c6ccc(Oc7c(-c8ccc(O)cc8)sc8cc(O)ccc78)cc6)CC5)CC4)ccc3C2=O)C(=O)N1. The van der Waals surface area contributed by atoms with E-state index in [1.807, 2.05) is 42.5 Å². The average molecular weight is 787 g/mol. The molecule has 294 valence electrons. The Morgan fingerprint density at radius 3 is 2.05 bits per heavy atom. The van der Waals surface area contributed by atoms with Gasteiger partial charge in [0.25, 0.3) is 5.91 Å². The van der Waals surface area contributed by atoms with Crippen LogP contribution in [-0.4, -0.2) is 114 Å². The van der Waals surface area contributed by atoms with Crippen LogP contribution in [0.15, 0.2) is 84.9 Å². The Labute approximate surface area is 335 Å². The highest BCUT2D eigenvalue weighted by Crippen LogP contribution is 2.47. The molecule has 1 atom stereocenters. The predicted molar refractivity (Wildman–Crippen MR) is 222 cm³/mol. The first-order chi connectivity index (χ1) is 27.8. The van der Waals surface area contributed by atoms with Gasteiger partial charge in [-0.05, 0) is 122 Å². The maximum atomic E-state index is 13.1. The molecule has 4 aromatic carbocycles. The molecule has 3 N–H and O–H groups in total. The summed E-state index contributed by atoms with van der Waals surface area (Å²) in [5, 5.41) is 23.2. The fourth-order valence-electron chi connectivity index (χ4n) is 8.54. The van der Waals surface area contributed by atoms with Gasteiger partial charge in [0.15, 0.2) is 5.75 Å². The van der Waals surface area contributed by atoms with Crippen molar-refractivity contribution in [2.45, 2.75) is 31.8 Å². The number of aromatic hydroxyl groups is 2. The standard InChI is InChI=1S/C44H46N6O6S/c51-33-7-2-29(3-8-33)42-41(37-13-9-34(52)27-39(37)57-42)56-35-10-4-31(5-11-35)48-22-18-46(19-23-48)16-1-17-47-20-24-49(25-21-47)32-6-12-36-30(26-32)28-50(44(36)55)38-14-15-40(53)45-43(38)54/h2-13,26-27,38,51-52H,1,14-25,28H2,(H,45,53,54). The van der Waals surface area contributed by atoms with Crippen LogP contribution in [0, 0.1) is 0 Å². The van der Waals surface area contributed by atoms with Crippen molar-refractivity contribution in [2.75, 3.05) is 75.2 Å². The van der Waals surface area contributed by atoms with Crippen molar-refractivity contribution in [1.29, 1.82) is 0 Å². The number of thiophene rings is 1. The van der Waals surface area contributed by atoms with E-state index in [-0.39, 0.29) is 35.6 Å². The highest BCUT2D eigenvalue weighted by atomic mass is 32.1. The molecule has 3 saturated heterocycles. The van der Waals surface area contributed by atoms with Crippen molar-refractivity contribution in [1.82, 2.24) is 20.0 Å². The maximum absolute atomic E-state index is 13.1. The van der Waals surface area contributed by atoms with Crippen LogP contribution in [0.4, 0.5) is 11.4 Å². The zero-order chi connectivity index (χ0) is 39.0. The number of phenols is 2. The van der Waals surface area contributed by atoms with Crippen molar-refractivity contribution >= 4 is 50.5 Å². The number of anilines is 2. The van der Waals surface area contributed by atoms with E-state index in [0.717, 1.165) is 115 Å². The molecule has 0 radical (unpaired) electrons. The summed E-state index contributed by atoms with van der Waals surface area (Å²) in [7, 11) is 0. The molecule has 3 fully saturated rings. The number of carbonyl (C=O) groups excluding carboxylic acids is 3. The predicted octanol–water partition coefficient (Wildman–Crippen LogP) is 5.87. The van der Waals surface area contributed by atoms with Crippen molar-refractivity contribution in [3.8, 4) is 33.4 Å². The number of ether oxygens (including phenoxy) is 1. The number of hydrogen-bond acceptors (Lipinski definition) is 11. The summed E-state index contributed by atoms with van der Waals surface area (Å²) in [4.78, 5) is 49.7. The van der Waals surface area contributed by atoms with Crippen LogP contribution in [0.25, 0.3) is 20.5 Å². The van der Waals surface area contributed by atoms with E-state index in [1.165, 1.54) is 5.69 Å². The summed E-state index contributed by atoms with van der Waals surface area (Å²) in [6, 6.07) is 26.2. The maximum Gasteiger partial charge on any atom is 0.255 e. The molecule has 4 aliphatic rings. The van der Waals surface area contributed by atoms with Gasteiger partial charge in [0, 0.05) is 92.3 Å².